The molecule has 208 valence electrons. The third-order valence-corrected chi connectivity index (χ3v) is 7.13. The number of hydrogen-bond donors (Lipinski definition) is 1. The maximum absolute atomic E-state index is 3.95. The monoisotopic (exact) mass is 538 g/mol. The molecule has 5 rings (SSSR count). The van der Waals surface area contributed by atoms with Crippen molar-refractivity contribution < 1.29 is 0 Å². The summed E-state index contributed by atoms with van der Waals surface area (Å²) in [5, 5.41) is 5.04. The van der Waals surface area contributed by atoms with Crippen LogP contribution < -0.4 is 5.32 Å². The van der Waals surface area contributed by atoms with Gasteiger partial charge in [0.15, 0.2) is 0 Å². The van der Waals surface area contributed by atoms with Gasteiger partial charge in [0.1, 0.15) is 0 Å². The second-order valence-electron chi connectivity index (χ2n) is 9.96. The number of nitrogens with zero attached hydrogens (tertiary/aromatic N) is 1. The number of nitrogens with one attached hydrogen (secondary N) is 1. The first-order chi connectivity index (χ1) is 20.1. The number of allylic oxidation sites excluding steroid dienone is 8. The molecule has 0 amide bonds. The molecule has 1 aliphatic rings. The minimum Gasteiger partial charge on any atom is -0.374 e. The van der Waals surface area contributed by atoms with E-state index in [-0.39, 0.29) is 6.04 Å². The maximum atomic E-state index is 3.95. The average molecular weight is 539 g/mol. The Balaban J connectivity index is 0.00000189. The maximum Gasteiger partial charge on any atom is 0.0706 e. The van der Waals surface area contributed by atoms with Gasteiger partial charge >= 0.3 is 0 Å². The molecule has 1 aromatic heterocycles. The Morgan fingerprint density at radius 1 is 0.951 bits per heavy atom. The van der Waals surface area contributed by atoms with Crippen LogP contribution in [-0.2, 0) is 0 Å². The second-order valence-corrected chi connectivity index (χ2v) is 9.96. The predicted octanol–water partition coefficient (Wildman–Crippen LogP) is 10.6. The van der Waals surface area contributed by atoms with Gasteiger partial charge in [-0.15, -0.1) is 0 Å². The lowest BCUT2D eigenvalue weighted by Gasteiger charge is -2.25. The highest BCUT2D eigenvalue weighted by molar-refractivity contribution is 5.93. The van der Waals surface area contributed by atoms with Crippen LogP contribution in [0.4, 0.5) is 0 Å². The number of aryl methyl sites for hydroxylation is 2. The number of aromatic nitrogens is 1. The quantitative estimate of drug-likeness (QED) is 0.221. The third kappa shape index (κ3) is 6.78. The molecule has 1 N–H and O–H groups in total. The Morgan fingerprint density at radius 3 is 2.34 bits per heavy atom. The molecule has 0 saturated heterocycles. The van der Waals surface area contributed by atoms with Crippen LogP contribution in [0.15, 0.2) is 134 Å². The fraction of sp³-hybridized carbons (Fsp3) is 0.179. The fourth-order valence-electron chi connectivity index (χ4n) is 5.18. The summed E-state index contributed by atoms with van der Waals surface area (Å²) in [6.45, 7) is 14.5. The van der Waals surface area contributed by atoms with E-state index < -0.39 is 0 Å². The Hall–Kier alpha value is -4.56. The van der Waals surface area contributed by atoms with Crippen molar-refractivity contribution in [3.63, 3.8) is 0 Å². The van der Waals surface area contributed by atoms with Crippen molar-refractivity contribution >= 4 is 28.4 Å². The van der Waals surface area contributed by atoms with Crippen LogP contribution >= 0.6 is 0 Å². The van der Waals surface area contributed by atoms with E-state index in [4.69, 9.17) is 0 Å². The first kappa shape index (κ1) is 29.4. The fourth-order valence-corrected chi connectivity index (χ4v) is 5.18. The van der Waals surface area contributed by atoms with Gasteiger partial charge in [-0.1, -0.05) is 124 Å². The molecule has 41 heavy (non-hydrogen) atoms. The molecule has 0 radical (unpaired) electrons. The summed E-state index contributed by atoms with van der Waals surface area (Å²) >= 11 is 0. The van der Waals surface area contributed by atoms with E-state index >= 15 is 0 Å². The van der Waals surface area contributed by atoms with Crippen molar-refractivity contribution in [1.29, 1.82) is 0 Å². The molecular weight excluding hydrogens is 496 g/mol. The first-order valence-corrected chi connectivity index (χ1v) is 14.7. The molecule has 4 aromatic rings. The summed E-state index contributed by atoms with van der Waals surface area (Å²) in [6, 6.07) is 28.0. The lowest BCUT2D eigenvalue weighted by atomic mass is 9.96. The SMILES string of the molecule is C=C/C=C\C(=CC1=CC(c2ccccc2)NC(c2ccccc2)=C1)n1c(/C=C\CC)c(C)c2cc(C)ccc21.CC. The largest absolute Gasteiger partial charge is 0.374 e. The molecule has 0 bridgehead atoms. The van der Waals surface area contributed by atoms with E-state index in [1.54, 1.807) is 0 Å². The zero-order valence-electron chi connectivity index (χ0n) is 25.1. The van der Waals surface area contributed by atoms with E-state index in [1.165, 1.54) is 38.9 Å². The number of benzene rings is 3. The van der Waals surface area contributed by atoms with Crippen molar-refractivity contribution in [2.75, 3.05) is 0 Å². The molecule has 2 heterocycles. The van der Waals surface area contributed by atoms with E-state index in [0.29, 0.717) is 0 Å². The molecule has 3 aromatic carbocycles. The molecule has 0 fully saturated rings. The van der Waals surface area contributed by atoms with Gasteiger partial charge in [-0.25, -0.2) is 0 Å². The topological polar surface area (TPSA) is 17.0 Å². The van der Waals surface area contributed by atoms with Crippen LogP contribution in [0.5, 0.6) is 0 Å². The standard InChI is InChI=1S/C37H36N2.C2H6/c1-5-7-19-32(39-36(20-8-6-2)28(4)33-23-27(3)21-22-37(33)39)24-29-25-34(30-15-11-9-12-16-30)38-35(26-29)31-17-13-10-14-18-31;1-2/h5,7-26,34,38H,1,6H2,2-4H3;1-2H3/b19-7-,20-8-,32-24?;. The summed E-state index contributed by atoms with van der Waals surface area (Å²) in [7, 11) is 0. The lowest BCUT2D eigenvalue weighted by molar-refractivity contribution is 0.759. The van der Waals surface area contributed by atoms with Gasteiger partial charge in [0, 0.05) is 22.5 Å². The summed E-state index contributed by atoms with van der Waals surface area (Å²) in [4.78, 5) is 0. The Kier molecular flexibility index (Phi) is 10.2. The molecule has 1 unspecified atom stereocenters. The van der Waals surface area contributed by atoms with Crippen LogP contribution in [-0.4, -0.2) is 4.57 Å². The van der Waals surface area contributed by atoms with Crippen LogP contribution in [0.2, 0.25) is 0 Å². The number of rotatable bonds is 8. The minimum absolute atomic E-state index is 0.0625. The molecular formula is C39H42N2. The van der Waals surface area contributed by atoms with Crippen LogP contribution in [0.1, 0.15) is 61.2 Å². The molecule has 0 aliphatic carbocycles. The summed E-state index contributed by atoms with van der Waals surface area (Å²) in [5.74, 6) is 0. The van der Waals surface area contributed by atoms with Gasteiger partial charge in [0.2, 0.25) is 0 Å². The first-order valence-electron chi connectivity index (χ1n) is 14.7. The third-order valence-electron chi connectivity index (χ3n) is 7.13. The molecule has 1 aliphatic heterocycles. The highest BCUT2D eigenvalue weighted by Crippen LogP contribution is 2.34. The number of hydrogen-bond acceptors (Lipinski definition) is 1. The van der Waals surface area contributed by atoms with Crippen molar-refractivity contribution in [1.82, 2.24) is 9.88 Å². The Bertz CT molecular complexity index is 1620. The van der Waals surface area contributed by atoms with E-state index in [1.807, 2.05) is 26.0 Å². The summed E-state index contributed by atoms with van der Waals surface area (Å²) in [6.07, 6.45) is 18.4. The highest BCUT2D eigenvalue weighted by Gasteiger charge is 2.19. The Labute approximate surface area is 246 Å². The van der Waals surface area contributed by atoms with Gasteiger partial charge in [-0.3, -0.25) is 0 Å². The van der Waals surface area contributed by atoms with Crippen molar-refractivity contribution in [3.8, 4) is 0 Å². The minimum atomic E-state index is 0.0625. The molecule has 0 spiro atoms. The van der Waals surface area contributed by atoms with E-state index in [9.17, 15) is 0 Å². The van der Waals surface area contributed by atoms with Gasteiger partial charge < -0.3 is 9.88 Å². The van der Waals surface area contributed by atoms with Crippen molar-refractivity contribution in [2.24, 2.45) is 0 Å². The summed E-state index contributed by atoms with van der Waals surface area (Å²) in [5.41, 5.74) is 10.7. The molecule has 2 heteroatoms. The average Bonchev–Trinajstić information content (AvgIpc) is 3.30. The Morgan fingerprint density at radius 2 is 1.66 bits per heavy atom. The molecule has 0 saturated carbocycles. The second kappa shape index (κ2) is 14.2. The summed E-state index contributed by atoms with van der Waals surface area (Å²) < 4.78 is 2.38. The van der Waals surface area contributed by atoms with Crippen LogP contribution in [0, 0.1) is 13.8 Å². The van der Waals surface area contributed by atoms with Crippen molar-refractivity contribution in [3.05, 3.63) is 161 Å². The smallest absolute Gasteiger partial charge is 0.0706 e. The lowest BCUT2D eigenvalue weighted by Crippen LogP contribution is -2.21. The van der Waals surface area contributed by atoms with Gasteiger partial charge in [0.25, 0.3) is 0 Å². The zero-order valence-corrected chi connectivity index (χ0v) is 25.1. The molecule has 1 atom stereocenters. The number of dihydropyridines is 1. The van der Waals surface area contributed by atoms with Gasteiger partial charge in [-0.2, -0.15) is 0 Å². The van der Waals surface area contributed by atoms with Gasteiger partial charge in [-0.05, 0) is 79.0 Å². The predicted molar refractivity (Wildman–Crippen MR) is 181 cm³/mol. The molecule has 2 nitrogen and oxygen atoms in total. The van der Waals surface area contributed by atoms with E-state index in [0.717, 1.165) is 23.4 Å². The van der Waals surface area contributed by atoms with Crippen LogP contribution in [0.3, 0.4) is 0 Å². The normalized spacial score (nSPS) is 15.3. The van der Waals surface area contributed by atoms with Crippen molar-refractivity contribution in [2.45, 2.75) is 47.1 Å². The highest BCUT2D eigenvalue weighted by atomic mass is 15.0. The van der Waals surface area contributed by atoms with Gasteiger partial charge in [0.05, 0.1) is 11.6 Å². The number of fused-ring (bicyclic) bond motifs is 1. The zero-order chi connectivity index (χ0) is 29.2. The van der Waals surface area contributed by atoms with E-state index in [2.05, 4.69) is 153 Å². The van der Waals surface area contributed by atoms with Crippen LogP contribution in [0.25, 0.3) is 28.4 Å².